The van der Waals surface area contributed by atoms with Crippen molar-refractivity contribution in [3.8, 4) is 0 Å². The van der Waals surface area contributed by atoms with Crippen LogP contribution in [-0.4, -0.2) is 29.9 Å². The zero-order valence-electron chi connectivity index (χ0n) is 7.47. The molecule has 0 amide bonds. The maximum absolute atomic E-state index is 10.6. The van der Waals surface area contributed by atoms with Crippen LogP contribution in [0.15, 0.2) is 6.07 Å². The van der Waals surface area contributed by atoms with Gasteiger partial charge in [-0.25, -0.2) is 0 Å². The Balaban J connectivity index is 2.90. The van der Waals surface area contributed by atoms with Crippen LogP contribution >= 0.6 is 0 Å². The highest BCUT2D eigenvalue weighted by Gasteiger charge is 2.26. The van der Waals surface area contributed by atoms with E-state index in [1.54, 1.807) is 0 Å². The van der Waals surface area contributed by atoms with Gasteiger partial charge in [-0.1, -0.05) is 0 Å². The topological polar surface area (TPSA) is 155 Å². The van der Waals surface area contributed by atoms with E-state index in [0.717, 1.165) is 10.6 Å². The average Bonchev–Trinajstić information content (AvgIpc) is 2.66. The largest absolute Gasteiger partial charge is 0.378 e. The molecule has 0 spiro atoms. The maximum atomic E-state index is 10.6. The summed E-state index contributed by atoms with van der Waals surface area (Å²) in [5, 5.41) is 31.1. The molecule has 2 aromatic heterocycles. The molecule has 11 heteroatoms. The lowest BCUT2D eigenvalue weighted by Crippen LogP contribution is -2.06. The number of tetrazole rings is 1. The first-order chi connectivity index (χ1) is 7.52. The van der Waals surface area contributed by atoms with E-state index in [9.17, 15) is 20.2 Å². The lowest BCUT2D eigenvalue weighted by atomic mass is 10.3. The second kappa shape index (κ2) is 3.08. The van der Waals surface area contributed by atoms with Crippen LogP contribution in [-0.2, 0) is 0 Å². The smallest absolute Gasteiger partial charge is 0.322 e. The highest BCUT2D eigenvalue weighted by Crippen LogP contribution is 2.28. The quantitative estimate of drug-likeness (QED) is 0.530. The van der Waals surface area contributed by atoms with Gasteiger partial charge < -0.3 is 5.73 Å². The predicted molar refractivity (Wildman–Crippen MR) is 48.5 cm³/mol. The number of fused-ring (bicyclic) bond motifs is 1. The highest BCUT2D eigenvalue weighted by molar-refractivity contribution is 5.70. The van der Waals surface area contributed by atoms with Gasteiger partial charge in [-0.3, -0.25) is 20.2 Å². The molecule has 0 atom stereocenters. The van der Waals surface area contributed by atoms with E-state index in [0.29, 0.717) is 0 Å². The van der Waals surface area contributed by atoms with E-state index in [2.05, 4.69) is 15.5 Å². The molecular formula is C5H3N7O4. The third-order valence-electron chi connectivity index (χ3n) is 1.86. The number of pyridine rings is 1. The standard InChI is InChI=1S/C5H3N7O4/c6-4-2(11(13)14)1-3(12(15)16)5-7-8-9-10(4)5/h1H,6H2. The molecule has 2 N–H and O–H groups in total. The van der Waals surface area contributed by atoms with E-state index < -0.39 is 21.2 Å². The van der Waals surface area contributed by atoms with Crippen LogP contribution < -0.4 is 5.73 Å². The van der Waals surface area contributed by atoms with Gasteiger partial charge in [0, 0.05) is 0 Å². The summed E-state index contributed by atoms with van der Waals surface area (Å²) in [6, 6.07) is 0.723. The summed E-state index contributed by atoms with van der Waals surface area (Å²) in [5.41, 5.74) is 3.95. The fraction of sp³-hybridized carbons (Fsp3) is 0. The first kappa shape index (κ1) is 9.70. The van der Waals surface area contributed by atoms with Crippen molar-refractivity contribution in [2.45, 2.75) is 0 Å². The molecule has 0 fully saturated rings. The van der Waals surface area contributed by atoms with Crippen LogP contribution in [0, 0.1) is 20.2 Å². The van der Waals surface area contributed by atoms with Crippen LogP contribution in [0.4, 0.5) is 17.2 Å². The summed E-state index contributed by atoms with van der Waals surface area (Å²) in [6.07, 6.45) is 0. The predicted octanol–water partition coefficient (Wildman–Crippen LogP) is -0.477. The minimum Gasteiger partial charge on any atom is -0.378 e. The molecule has 0 aliphatic heterocycles. The second-order valence-electron chi connectivity index (χ2n) is 2.73. The molecule has 11 nitrogen and oxygen atoms in total. The Labute approximate surface area is 85.8 Å². The van der Waals surface area contributed by atoms with E-state index >= 15 is 0 Å². The van der Waals surface area contributed by atoms with Crippen molar-refractivity contribution in [2.24, 2.45) is 0 Å². The Bertz CT molecular complexity index is 604. The van der Waals surface area contributed by atoms with Gasteiger partial charge in [-0.15, -0.1) is 5.10 Å². The molecule has 0 bridgehead atoms. The molecule has 0 radical (unpaired) electrons. The highest BCUT2D eigenvalue weighted by atomic mass is 16.6. The Kier molecular flexibility index (Phi) is 1.87. The molecule has 82 valence electrons. The van der Waals surface area contributed by atoms with Crippen LogP contribution in [0.25, 0.3) is 5.65 Å². The van der Waals surface area contributed by atoms with Crippen molar-refractivity contribution in [2.75, 3.05) is 5.73 Å². The van der Waals surface area contributed by atoms with Crippen LogP contribution in [0.5, 0.6) is 0 Å². The van der Waals surface area contributed by atoms with Crippen LogP contribution in [0.1, 0.15) is 0 Å². The molecular weight excluding hydrogens is 222 g/mol. The van der Waals surface area contributed by atoms with E-state index in [4.69, 9.17) is 5.73 Å². The molecule has 16 heavy (non-hydrogen) atoms. The number of aromatic nitrogens is 4. The Morgan fingerprint density at radius 1 is 1.25 bits per heavy atom. The lowest BCUT2D eigenvalue weighted by molar-refractivity contribution is -0.393. The van der Waals surface area contributed by atoms with Crippen molar-refractivity contribution in [1.82, 2.24) is 20.0 Å². The Morgan fingerprint density at radius 3 is 2.44 bits per heavy atom. The summed E-state index contributed by atoms with van der Waals surface area (Å²) in [6.45, 7) is 0. The van der Waals surface area contributed by atoms with Crippen molar-refractivity contribution in [1.29, 1.82) is 0 Å². The van der Waals surface area contributed by atoms with Crippen molar-refractivity contribution >= 4 is 22.8 Å². The van der Waals surface area contributed by atoms with Crippen molar-refractivity contribution in [3.05, 3.63) is 26.3 Å². The van der Waals surface area contributed by atoms with Gasteiger partial charge in [0.1, 0.15) is 6.07 Å². The molecule has 0 saturated heterocycles. The summed E-state index contributed by atoms with van der Waals surface area (Å²) >= 11 is 0. The average molecular weight is 225 g/mol. The Morgan fingerprint density at radius 2 is 1.88 bits per heavy atom. The van der Waals surface area contributed by atoms with Gasteiger partial charge in [0.15, 0.2) is 0 Å². The molecule has 2 aromatic rings. The normalized spacial score (nSPS) is 10.5. The SMILES string of the molecule is Nc1c([N+](=O)[O-])cc([N+](=O)[O-])c2nnnn12. The number of nitrogens with two attached hydrogens (primary N) is 1. The number of nitro groups is 2. The molecule has 2 heterocycles. The minimum atomic E-state index is -0.844. The number of hydrogen-bond acceptors (Lipinski definition) is 8. The summed E-state index contributed by atoms with van der Waals surface area (Å²) < 4.78 is 0.746. The second-order valence-corrected chi connectivity index (χ2v) is 2.73. The molecule has 0 aliphatic carbocycles. The fourth-order valence-electron chi connectivity index (χ4n) is 1.17. The molecule has 0 aromatic carbocycles. The van der Waals surface area contributed by atoms with Crippen LogP contribution in [0.2, 0.25) is 0 Å². The van der Waals surface area contributed by atoms with E-state index in [-0.39, 0.29) is 11.5 Å². The molecule has 0 saturated carbocycles. The number of rotatable bonds is 2. The fourth-order valence-corrected chi connectivity index (χ4v) is 1.17. The third kappa shape index (κ3) is 1.18. The molecule has 0 unspecified atom stereocenters. The number of nitrogens with zero attached hydrogens (tertiary/aromatic N) is 6. The monoisotopic (exact) mass is 225 g/mol. The third-order valence-corrected chi connectivity index (χ3v) is 1.86. The first-order valence-corrected chi connectivity index (χ1v) is 3.81. The first-order valence-electron chi connectivity index (χ1n) is 3.81. The maximum Gasteiger partial charge on any atom is 0.322 e. The Hall–Kier alpha value is -2.85. The molecule has 2 rings (SSSR count). The van der Waals surface area contributed by atoms with E-state index in [1.807, 2.05) is 0 Å². The van der Waals surface area contributed by atoms with Gasteiger partial charge in [0.2, 0.25) is 5.82 Å². The van der Waals surface area contributed by atoms with Crippen molar-refractivity contribution in [3.63, 3.8) is 0 Å². The van der Waals surface area contributed by atoms with Gasteiger partial charge in [0.05, 0.1) is 9.85 Å². The summed E-state index contributed by atoms with van der Waals surface area (Å²) in [4.78, 5) is 19.6. The zero-order chi connectivity index (χ0) is 11.9. The van der Waals surface area contributed by atoms with Gasteiger partial charge >= 0.3 is 11.4 Å². The summed E-state index contributed by atoms with van der Waals surface area (Å²) in [5.74, 6) is -0.365. The number of nitrogen functional groups attached to an aromatic ring is 1. The molecule has 0 aliphatic rings. The summed E-state index contributed by atoms with van der Waals surface area (Å²) in [7, 11) is 0. The van der Waals surface area contributed by atoms with Gasteiger partial charge in [-0.05, 0) is 10.4 Å². The van der Waals surface area contributed by atoms with Crippen LogP contribution in [0.3, 0.4) is 0 Å². The van der Waals surface area contributed by atoms with Gasteiger partial charge in [0.25, 0.3) is 5.65 Å². The van der Waals surface area contributed by atoms with Gasteiger partial charge in [-0.2, -0.15) is 4.52 Å². The number of anilines is 1. The number of hydrogen-bond donors (Lipinski definition) is 1. The lowest BCUT2D eigenvalue weighted by Gasteiger charge is -1.98. The van der Waals surface area contributed by atoms with Crippen molar-refractivity contribution < 1.29 is 9.85 Å². The minimum absolute atomic E-state index is 0.242. The zero-order valence-corrected chi connectivity index (χ0v) is 7.47. The van der Waals surface area contributed by atoms with E-state index in [1.165, 1.54) is 0 Å².